The number of nitrogens with zero attached hydrogens (tertiary/aromatic N) is 2. The van der Waals surface area contributed by atoms with Gasteiger partial charge in [-0.3, -0.25) is 14.5 Å². The topological polar surface area (TPSA) is 42.0 Å². The van der Waals surface area contributed by atoms with Crippen molar-refractivity contribution in [1.82, 2.24) is 9.96 Å². The Kier molecular flexibility index (Phi) is 5.01. The van der Waals surface area contributed by atoms with Crippen molar-refractivity contribution in [2.24, 2.45) is 17.8 Å². The molecule has 3 aliphatic heterocycles. The molecule has 3 aliphatic rings. The zero-order valence-corrected chi connectivity index (χ0v) is 14.4. The molecule has 6 heteroatoms. The SMILES string of the molecule is O=C([C@@H]1COC[C@@H]2CN(Cc3ccc(F)cc3)C[C@@H]21)N1CCCCO1. The Hall–Kier alpha value is -1.50. The number of hydrogen-bond acceptors (Lipinski definition) is 4. The van der Waals surface area contributed by atoms with Crippen molar-refractivity contribution in [3.63, 3.8) is 0 Å². The second-order valence-electron chi connectivity index (χ2n) is 7.37. The lowest BCUT2D eigenvalue weighted by Gasteiger charge is -2.36. The number of carbonyl (C=O) groups excluding carboxylic acids is 1. The van der Waals surface area contributed by atoms with Crippen LogP contribution in [0.2, 0.25) is 0 Å². The average molecular weight is 348 g/mol. The molecule has 25 heavy (non-hydrogen) atoms. The monoisotopic (exact) mass is 348 g/mol. The van der Waals surface area contributed by atoms with E-state index in [9.17, 15) is 9.18 Å². The summed E-state index contributed by atoms with van der Waals surface area (Å²) in [5, 5.41) is 1.56. The summed E-state index contributed by atoms with van der Waals surface area (Å²) < 4.78 is 18.8. The first-order valence-electron chi connectivity index (χ1n) is 9.19. The first-order chi connectivity index (χ1) is 12.2. The van der Waals surface area contributed by atoms with E-state index in [1.165, 1.54) is 12.1 Å². The first-order valence-corrected chi connectivity index (χ1v) is 9.19. The Morgan fingerprint density at radius 3 is 2.76 bits per heavy atom. The van der Waals surface area contributed by atoms with Crippen LogP contribution in [0.5, 0.6) is 0 Å². The highest BCUT2D eigenvalue weighted by molar-refractivity contribution is 5.78. The van der Waals surface area contributed by atoms with Crippen molar-refractivity contribution in [3.05, 3.63) is 35.6 Å². The molecule has 3 heterocycles. The van der Waals surface area contributed by atoms with Gasteiger partial charge in [0.25, 0.3) is 5.91 Å². The van der Waals surface area contributed by atoms with E-state index in [0.29, 0.717) is 31.6 Å². The maximum atomic E-state index is 13.1. The van der Waals surface area contributed by atoms with Gasteiger partial charge in [-0.2, -0.15) is 0 Å². The van der Waals surface area contributed by atoms with E-state index in [1.54, 1.807) is 5.06 Å². The van der Waals surface area contributed by atoms with Crippen molar-refractivity contribution < 1.29 is 18.8 Å². The van der Waals surface area contributed by atoms with Gasteiger partial charge in [0, 0.05) is 26.2 Å². The maximum absolute atomic E-state index is 13.1. The molecule has 0 aromatic heterocycles. The largest absolute Gasteiger partial charge is 0.380 e. The number of rotatable bonds is 3. The Balaban J connectivity index is 1.41. The molecule has 1 aromatic rings. The van der Waals surface area contributed by atoms with E-state index in [-0.39, 0.29) is 17.6 Å². The average Bonchev–Trinajstić information content (AvgIpc) is 3.06. The summed E-state index contributed by atoms with van der Waals surface area (Å²) in [5.74, 6) is 0.452. The third kappa shape index (κ3) is 3.71. The molecule has 1 aromatic carbocycles. The Morgan fingerprint density at radius 1 is 1.16 bits per heavy atom. The van der Waals surface area contributed by atoms with Gasteiger partial charge in [-0.1, -0.05) is 12.1 Å². The third-order valence-electron chi connectivity index (χ3n) is 5.60. The first kappa shape index (κ1) is 16.9. The van der Waals surface area contributed by atoms with Crippen molar-refractivity contribution >= 4 is 5.91 Å². The molecule has 3 atom stereocenters. The molecule has 0 saturated carbocycles. The lowest BCUT2D eigenvalue weighted by atomic mass is 9.82. The van der Waals surface area contributed by atoms with Crippen LogP contribution in [0.4, 0.5) is 4.39 Å². The maximum Gasteiger partial charge on any atom is 0.251 e. The minimum absolute atomic E-state index is 0.0815. The molecular weight excluding hydrogens is 323 g/mol. The summed E-state index contributed by atoms with van der Waals surface area (Å²) in [6.07, 6.45) is 2.02. The fourth-order valence-electron chi connectivity index (χ4n) is 4.28. The Bertz CT molecular complexity index is 603. The molecule has 5 nitrogen and oxygen atoms in total. The number of amides is 1. The van der Waals surface area contributed by atoms with Crippen molar-refractivity contribution in [2.75, 3.05) is 39.5 Å². The zero-order chi connectivity index (χ0) is 17.2. The number of likely N-dealkylation sites (tertiary alicyclic amines) is 1. The minimum Gasteiger partial charge on any atom is -0.380 e. The van der Waals surface area contributed by atoms with Gasteiger partial charge < -0.3 is 4.74 Å². The number of halogens is 1. The summed E-state index contributed by atoms with van der Waals surface area (Å²) in [4.78, 5) is 20.8. The molecular formula is C19H25FN2O3. The van der Waals surface area contributed by atoms with Crippen LogP contribution in [0.1, 0.15) is 18.4 Å². The normalized spacial score (nSPS) is 30.3. The molecule has 0 bridgehead atoms. The van der Waals surface area contributed by atoms with Gasteiger partial charge in [-0.05, 0) is 42.4 Å². The zero-order valence-electron chi connectivity index (χ0n) is 14.4. The molecule has 136 valence electrons. The highest BCUT2D eigenvalue weighted by atomic mass is 19.1. The van der Waals surface area contributed by atoms with E-state index < -0.39 is 0 Å². The molecule has 0 radical (unpaired) electrons. The van der Waals surface area contributed by atoms with Crippen LogP contribution >= 0.6 is 0 Å². The molecule has 0 unspecified atom stereocenters. The second-order valence-corrected chi connectivity index (χ2v) is 7.37. The van der Waals surface area contributed by atoms with E-state index in [1.807, 2.05) is 12.1 Å². The van der Waals surface area contributed by atoms with Gasteiger partial charge >= 0.3 is 0 Å². The number of hydrogen-bond donors (Lipinski definition) is 0. The highest BCUT2D eigenvalue weighted by Gasteiger charge is 2.45. The molecule has 3 fully saturated rings. The van der Waals surface area contributed by atoms with E-state index in [0.717, 1.165) is 44.6 Å². The van der Waals surface area contributed by atoms with Crippen molar-refractivity contribution in [2.45, 2.75) is 19.4 Å². The molecule has 0 spiro atoms. The van der Waals surface area contributed by atoms with Crippen molar-refractivity contribution in [1.29, 1.82) is 0 Å². The number of carbonyl (C=O) groups is 1. The summed E-state index contributed by atoms with van der Waals surface area (Å²) in [7, 11) is 0. The molecule has 4 rings (SSSR count). The summed E-state index contributed by atoms with van der Waals surface area (Å²) in [6.45, 7) is 5.12. The van der Waals surface area contributed by atoms with Gasteiger partial charge in [0.2, 0.25) is 0 Å². The Morgan fingerprint density at radius 2 is 2.00 bits per heavy atom. The predicted octanol–water partition coefficient (Wildman–Crippen LogP) is 2.07. The van der Waals surface area contributed by atoms with Gasteiger partial charge in [-0.15, -0.1) is 0 Å². The number of fused-ring (bicyclic) bond motifs is 1. The van der Waals surface area contributed by atoms with E-state index >= 15 is 0 Å². The summed E-state index contributed by atoms with van der Waals surface area (Å²) >= 11 is 0. The molecule has 1 amide bonds. The van der Waals surface area contributed by atoms with Gasteiger partial charge in [0.05, 0.1) is 25.7 Å². The van der Waals surface area contributed by atoms with Crippen LogP contribution in [0.15, 0.2) is 24.3 Å². The van der Waals surface area contributed by atoms with Gasteiger partial charge in [0.1, 0.15) is 5.82 Å². The predicted molar refractivity (Wildman–Crippen MR) is 89.9 cm³/mol. The fourth-order valence-corrected chi connectivity index (χ4v) is 4.28. The smallest absolute Gasteiger partial charge is 0.251 e. The van der Waals surface area contributed by atoms with Crippen LogP contribution in [0, 0.1) is 23.6 Å². The number of benzene rings is 1. The number of ether oxygens (including phenoxy) is 1. The third-order valence-corrected chi connectivity index (χ3v) is 5.60. The number of hydroxylamine groups is 2. The summed E-state index contributed by atoms with van der Waals surface area (Å²) in [5.41, 5.74) is 1.10. The van der Waals surface area contributed by atoms with Crippen LogP contribution in [0.3, 0.4) is 0 Å². The fraction of sp³-hybridized carbons (Fsp3) is 0.632. The quantitative estimate of drug-likeness (QED) is 0.839. The lowest BCUT2D eigenvalue weighted by Crippen LogP contribution is -2.47. The summed E-state index contributed by atoms with van der Waals surface area (Å²) in [6, 6.07) is 6.67. The second kappa shape index (κ2) is 7.40. The van der Waals surface area contributed by atoms with Crippen LogP contribution < -0.4 is 0 Å². The standard InChI is InChI=1S/C19H25FN2O3/c20-16-5-3-14(4-6-16)9-21-10-15-12-24-13-18(17(15)11-21)19(23)22-7-1-2-8-25-22/h3-6,15,17-18H,1-2,7-13H2/t15-,17-,18+/m0/s1. The van der Waals surface area contributed by atoms with Crippen LogP contribution in [-0.2, 0) is 20.9 Å². The van der Waals surface area contributed by atoms with Crippen molar-refractivity contribution in [3.8, 4) is 0 Å². The molecule has 0 aliphatic carbocycles. The van der Waals surface area contributed by atoms with Crippen LogP contribution in [-0.4, -0.2) is 55.3 Å². The minimum atomic E-state index is -0.209. The molecule has 3 saturated heterocycles. The van der Waals surface area contributed by atoms with E-state index in [4.69, 9.17) is 9.57 Å². The van der Waals surface area contributed by atoms with Gasteiger partial charge in [0.15, 0.2) is 0 Å². The van der Waals surface area contributed by atoms with Gasteiger partial charge in [-0.25, -0.2) is 9.45 Å². The highest BCUT2D eigenvalue weighted by Crippen LogP contribution is 2.36. The van der Waals surface area contributed by atoms with Crippen LogP contribution in [0.25, 0.3) is 0 Å². The van der Waals surface area contributed by atoms with E-state index in [2.05, 4.69) is 4.90 Å². The lowest BCUT2D eigenvalue weighted by molar-refractivity contribution is -0.207. The molecule has 0 N–H and O–H groups in total. The Labute approximate surface area is 147 Å².